The maximum Gasteiger partial charge on any atom is 0.226 e. The monoisotopic (exact) mass is 350 g/mol. The first-order chi connectivity index (χ1) is 12.3. The summed E-state index contributed by atoms with van der Waals surface area (Å²) in [7, 11) is 0. The van der Waals surface area contributed by atoms with Gasteiger partial charge in [0.2, 0.25) is 5.89 Å². The standard InChI is InChI=1S/C19H18N4OS/c1-2-15-10-16-17(21-12-22-19(16)25-15)20-9-8-14-11-24-18(23-14)13-6-4-3-5-7-13/h3-7,10-12H,2,8-9H2,1H3,(H,20,21,22). The molecule has 3 aromatic heterocycles. The van der Waals surface area contributed by atoms with Gasteiger partial charge in [0.05, 0.1) is 11.1 Å². The van der Waals surface area contributed by atoms with Crippen LogP contribution in [0.25, 0.3) is 21.7 Å². The minimum Gasteiger partial charge on any atom is -0.444 e. The summed E-state index contributed by atoms with van der Waals surface area (Å²) >= 11 is 1.72. The average Bonchev–Trinajstić information content (AvgIpc) is 3.29. The van der Waals surface area contributed by atoms with E-state index in [-0.39, 0.29) is 0 Å². The second-order valence-corrected chi connectivity index (χ2v) is 6.81. The number of rotatable bonds is 6. The number of hydrogen-bond acceptors (Lipinski definition) is 6. The van der Waals surface area contributed by atoms with Crippen LogP contribution in [0.1, 0.15) is 17.5 Å². The number of anilines is 1. The summed E-state index contributed by atoms with van der Waals surface area (Å²) in [6, 6.07) is 12.1. The molecule has 0 aliphatic carbocycles. The lowest BCUT2D eigenvalue weighted by Gasteiger charge is -2.04. The normalized spacial score (nSPS) is 11.1. The van der Waals surface area contributed by atoms with Crippen LogP contribution >= 0.6 is 11.3 Å². The predicted molar refractivity (Wildman–Crippen MR) is 101 cm³/mol. The lowest BCUT2D eigenvalue weighted by molar-refractivity contribution is 0.572. The van der Waals surface area contributed by atoms with Crippen molar-refractivity contribution >= 4 is 27.4 Å². The third kappa shape index (κ3) is 3.39. The molecule has 5 nitrogen and oxygen atoms in total. The van der Waals surface area contributed by atoms with Crippen molar-refractivity contribution < 1.29 is 4.42 Å². The summed E-state index contributed by atoms with van der Waals surface area (Å²) in [6.07, 6.45) is 5.12. The van der Waals surface area contributed by atoms with Gasteiger partial charge in [0.15, 0.2) is 0 Å². The van der Waals surface area contributed by atoms with Gasteiger partial charge < -0.3 is 9.73 Å². The molecule has 1 N–H and O–H groups in total. The van der Waals surface area contributed by atoms with Gasteiger partial charge in [-0.15, -0.1) is 11.3 Å². The fraction of sp³-hybridized carbons (Fsp3) is 0.211. The van der Waals surface area contributed by atoms with Gasteiger partial charge in [0, 0.05) is 23.4 Å². The number of benzene rings is 1. The first-order valence-electron chi connectivity index (χ1n) is 8.30. The number of fused-ring (bicyclic) bond motifs is 1. The Labute approximate surface area is 149 Å². The van der Waals surface area contributed by atoms with Gasteiger partial charge in [0.25, 0.3) is 0 Å². The molecule has 25 heavy (non-hydrogen) atoms. The van der Waals surface area contributed by atoms with Crippen LogP contribution in [0.2, 0.25) is 0 Å². The molecule has 0 saturated heterocycles. The first-order valence-corrected chi connectivity index (χ1v) is 9.12. The molecule has 3 heterocycles. The summed E-state index contributed by atoms with van der Waals surface area (Å²) in [5.74, 6) is 1.54. The van der Waals surface area contributed by atoms with Crippen LogP contribution in [0.15, 0.2) is 53.4 Å². The van der Waals surface area contributed by atoms with Gasteiger partial charge >= 0.3 is 0 Å². The highest BCUT2D eigenvalue weighted by Crippen LogP contribution is 2.28. The molecule has 6 heteroatoms. The molecular weight excluding hydrogens is 332 g/mol. The van der Waals surface area contributed by atoms with Gasteiger partial charge in [0.1, 0.15) is 23.2 Å². The van der Waals surface area contributed by atoms with Gasteiger partial charge in [-0.3, -0.25) is 0 Å². The van der Waals surface area contributed by atoms with Crippen molar-refractivity contribution in [3.8, 4) is 11.5 Å². The third-order valence-corrected chi connectivity index (χ3v) is 5.16. The SMILES string of the molecule is CCc1cc2c(NCCc3coc(-c4ccccc4)n3)ncnc2s1. The van der Waals surface area contributed by atoms with Crippen molar-refractivity contribution in [2.24, 2.45) is 0 Å². The van der Waals surface area contributed by atoms with Crippen LogP contribution in [0.4, 0.5) is 5.82 Å². The molecule has 0 amide bonds. The van der Waals surface area contributed by atoms with Gasteiger partial charge in [-0.25, -0.2) is 15.0 Å². The van der Waals surface area contributed by atoms with Crippen molar-refractivity contribution in [3.63, 3.8) is 0 Å². The minimum atomic E-state index is 0.658. The van der Waals surface area contributed by atoms with Crippen LogP contribution in [0.5, 0.6) is 0 Å². The Morgan fingerprint density at radius 3 is 2.88 bits per heavy atom. The topological polar surface area (TPSA) is 63.8 Å². The Kier molecular flexibility index (Phi) is 4.43. The van der Waals surface area contributed by atoms with Crippen LogP contribution < -0.4 is 5.32 Å². The van der Waals surface area contributed by atoms with E-state index in [0.717, 1.165) is 46.7 Å². The van der Waals surface area contributed by atoms with Crippen molar-refractivity contribution in [2.75, 3.05) is 11.9 Å². The minimum absolute atomic E-state index is 0.658. The fourth-order valence-corrected chi connectivity index (χ4v) is 3.60. The number of nitrogens with zero attached hydrogens (tertiary/aromatic N) is 3. The smallest absolute Gasteiger partial charge is 0.226 e. The summed E-state index contributed by atoms with van der Waals surface area (Å²) in [4.78, 5) is 15.6. The van der Waals surface area contributed by atoms with Crippen LogP contribution in [-0.2, 0) is 12.8 Å². The molecule has 0 unspecified atom stereocenters. The van der Waals surface area contributed by atoms with Crippen LogP contribution in [0, 0.1) is 0 Å². The average molecular weight is 350 g/mol. The summed E-state index contributed by atoms with van der Waals surface area (Å²) in [5.41, 5.74) is 1.92. The Morgan fingerprint density at radius 1 is 1.16 bits per heavy atom. The molecule has 4 rings (SSSR count). The predicted octanol–water partition coefficient (Wildman–Crippen LogP) is 4.56. The molecule has 0 saturated carbocycles. The molecule has 0 bridgehead atoms. The van der Waals surface area contributed by atoms with Crippen molar-refractivity contribution in [2.45, 2.75) is 19.8 Å². The van der Waals surface area contributed by atoms with E-state index in [9.17, 15) is 0 Å². The quantitative estimate of drug-likeness (QED) is 0.552. The van der Waals surface area contributed by atoms with E-state index in [1.165, 1.54) is 4.88 Å². The highest BCUT2D eigenvalue weighted by atomic mass is 32.1. The fourth-order valence-electron chi connectivity index (χ4n) is 2.66. The molecule has 0 radical (unpaired) electrons. The van der Waals surface area contributed by atoms with Crippen LogP contribution in [0.3, 0.4) is 0 Å². The number of aromatic nitrogens is 3. The number of hydrogen-bond donors (Lipinski definition) is 1. The molecule has 126 valence electrons. The summed E-state index contributed by atoms with van der Waals surface area (Å²) in [6.45, 7) is 2.89. The van der Waals surface area contributed by atoms with Crippen molar-refractivity contribution in [1.82, 2.24) is 15.0 Å². The molecule has 0 spiro atoms. The largest absolute Gasteiger partial charge is 0.444 e. The van der Waals surface area contributed by atoms with E-state index in [2.05, 4.69) is 33.3 Å². The van der Waals surface area contributed by atoms with E-state index in [4.69, 9.17) is 4.42 Å². The number of aryl methyl sites for hydroxylation is 1. The molecule has 0 fully saturated rings. The maximum absolute atomic E-state index is 5.58. The second kappa shape index (κ2) is 7.03. The summed E-state index contributed by atoms with van der Waals surface area (Å²) < 4.78 is 5.58. The zero-order valence-electron chi connectivity index (χ0n) is 13.9. The number of nitrogens with one attached hydrogen (secondary N) is 1. The zero-order chi connectivity index (χ0) is 17.1. The summed E-state index contributed by atoms with van der Waals surface area (Å²) in [5, 5.41) is 4.49. The second-order valence-electron chi connectivity index (χ2n) is 5.69. The lowest BCUT2D eigenvalue weighted by atomic mass is 10.2. The highest BCUT2D eigenvalue weighted by molar-refractivity contribution is 7.18. The first kappa shape index (κ1) is 15.8. The Morgan fingerprint density at radius 2 is 2.04 bits per heavy atom. The molecule has 0 aliphatic heterocycles. The van der Waals surface area contributed by atoms with E-state index < -0.39 is 0 Å². The van der Waals surface area contributed by atoms with Gasteiger partial charge in [-0.05, 0) is 24.6 Å². The van der Waals surface area contributed by atoms with E-state index >= 15 is 0 Å². The molecular formula is C19H18N4OS. The van der Waals surface area contributed by atoms with Crippen molar-refractivity contribution in [3.05, 3.63) is 59.6 Å². The molecule has 0 aliphatic rings. The zero-order valence-corrected chi connectivity index (χ0v) is 14.7. The molecule has 1 aromatic carbocycles. The Hall–Kier alpha value is -2.73. The highest BCUT2D eigenvalue weighted by Gasteiger charge is 2.09. The Balaban J connectivity index is 1.43. The van der Waals surface area contributed by atoms with Crippen molar-refractivity contribution in [1.29, 1.82) is 0 Å². The van der Waals surface area contributed by atoms with Gasteiger partial charge in [-0.1, -0.05) is 25.1 Å². The lowest BCUT2D eigenvalue weighted by Crippen LogP contribution is -2.06. The third-order valence-electron chi connectivity index (χ3n) is 3.97. The molecule has 0 atom stereocenters. The number of oxazole rings is 1. The van der Waals surface area contributed by atoms with E-state index in [1.54, 1.807) is 23.9 Å². The van der Waals surface area contributed by atoms with Gasteiger partial charge in [-0.2, -0.15) is 0 Å². The number of thiophene rings is 1. The maximum atomic E-state index is 5.58. The van der Waals surface area contributed by atoms with E-state index in [1.807, 2.05) is 30.3 Å². The Bertz CT molecular complexity index is 977. The molecule has 4 aromatic rings. The van der Waals surface area contributed by atoms with Crippen LogP contribution in [-0.4, -0.2) is 21.5 Å². The van der Waals surface area contributed by atoms with E-state index in [0.29, 0.717) is 5.89 Å².